The van der Waals surface area contributed by atoms with Gasteiger partial charge in [-0.05, 0) is 0 Å². The molecule has 0 aliphatic heterocycles. The summed E-state index contributed by atoms with van der Waals surface area (Å²) in [7, 11) is 0. The summed E-state index contributed by atoms with van der Waals surface area (Å²) in [5, 5.41) is 0. The molecule has 0 spiro atoms. The molecule has 0 radical (unpaired) electrons. The molecule has 0 N–H and O–H groups in total. The molecule has 0 aliphatic carbocycles. The molecule has 0 heterocycles. The first-order chi connectivity index (χ1) is 7.05. The molecule has 0 aliphatic rings. The van der Waals surface area contributed by atoms with Crippen LogP contribution in [0.5, 0.6) is 0 Å². The molecule has 2 aromatic carbocycles. The second-order valence-corrected chi connectivity index (χ2v) is 4.09. The summed E-state index contributed by atoms with van der Waals surface area (Å²) in [5.74, 6) is 0. The van der Waals surface area contributed by atoms with E-state index >= 15 is 0 Å². The summed E-state index contributed by atoms with van der Waals surface area (Å²) in [6.45, 7) is 11.0. The Bertz CT molecular complexity index is 308. The molecule has 0 atom stereocenters. The van der Waals surface area contributed by atoms with Gasteiger partial charge in [0.05, 0.1) is 0 Å². The van der Waals surface area contributed by atoms with Crippen LogP contribution in [0.25, 0.3) is 0 Å². The first-order valence-corrected chi connectivity index (χ1v) is 5.42. The SMILES string of the molecule is Cc1c(C)c(C)[c-](C)c1C.[Ti+2].c1cc[cH-]c1. The van der Waals surface area contributed by atoms with Crippen LogP contribution < -0.4 is 0 Å². The summed E-state index contributed by atoms with van der Waals surface area (Å²) in [6.07, 6.45) is 0. The van der Waals surface area contributed by atoms with Gasteiger partial charge in [-0.3, -0.25) is 0 Å². The van der Waals surface area contributed by atoms with Crippen molar-refractivity contribution in [3.63, 3.8) is 0 Å². The van der Waals surface area contributed by atoms with Crippen molar-refractivity contribution in [1.82, 2.24) is 0 Å². The normalized spacial score (nSPS) is 9.06. The minimum atomic E-state index is 0. The molecule has 0 saturated heterocycles. The molecule has 2 rings (SSSR count). The van der Waals surface area contributed by atoms with E-state index in [9.17, 15) is 0 Å². The minimum Gasteiger partial charge on any atom is -0.214 e. The van der Waals surface area contributed by atoms with E-state index in [1.54, 1.807) is 0 Å². The Kier molecular flexibility index (Phi) is 6.63. The molecule has 0 amide bonds. The Balaban J connectivity index is 0.000000318. The molecule has 0 bridgehead atoms. The van der Waals surface area contributed by atoms with Gasteiger partial charge in [-0.25, -0.2) is 12.1 Å². The molecule has 1 heteroatoms. The molecular weight excluding hydrogens is 228 g/mol. The van der Waals surface area contributed by atoms with E-state index in [0.29, 0.717) is 0 Å². The topological polar surface area (TPSA) is 0 Å². The van der Waals surface area contributed by atoms with Crippen LogP contribution in [0.4, 0.5) is 0 Å². The summed E-state index contributed by atoms with van der Waals surface area (Å²) >= 11 is 0. The average Bonchev–Trinajstić information content (AvgIpc) is 2.86. The zero-order valence-electron chi connectivity index (χ0n) is 10.9. The standard InChI is InChI=1S/C10H15.C5H5.Ti/c1-6-7(2)9(4)10(5)8(6)3;1-2-4-5-3-1;/h1-5H3;1-5H;/q2*-1;+2. The Morgan fingerprint density at radius 2 is 1.25 bits per heavy atom. The average molecular weight is 248 g/mol. The fraction of sp³-hybridized carbons (Fsp3) is 0.333. The molecule has 2 aromatic rings. The van der Waals surface area contributed by atoms with E-state index in [2.05, 4.69) is 34.6 Å². The number of hydrogen-bond acceptors (Lipinski definition) is 0. The van der Waals surface area contributed by atoms with Gasteiger partial charge in [0.2, 0.25) is 0 Å². The Morgan fingerprint density at radius 1 is 0.875 bits per heavy atom. The van der Waals surface area contributed by atoms with Gasteiger partial charge < -0.3 is 0 Å². The van der Waals surface area contributed by atoms with Crippen LogP contribution in [0.3, 0.4) is 0 Å². The maximum atomic E-state index is 2.20. The maximum Gasteiger partial charge on any atom is 2.00 e. The third-order valence-corrected chi connectivity index (χ3v) is 3.37. The zero-order chi connectivity index (χ0) is 11.4. The predicted octanol–water partition coefficient (Wildman–Crippen LogP) is 4.35. The van der Waals surface area contributed by atoms with Crippen molar-refractivity contribution in [3.8, 4) is 0 Å². The van der Waals surface area contributed by atoms with E-state index in [-0.39, 0.29) is 21.7 Å². The summed E-state index contributed by atoms with van der Waals surface area (Å²) in [6, 6.07) is 10.0. The molecule has 0 aromatic heterocycles. The molecule has 84 valence electrons. The van der Waals surface area contributed by atoms with Crippen molar-refractivity contribution in [1.29, 1.82) is 0 Å². The van der Waals surface area contributed by atoms with Gasteiger partial charge in [0.25, 0.3) is 0 Å². The quantitative estimate of drug-likeness (QED) is 0.480. The van der Waals surface area contributed by atoms with Gasteiger partial charge in [0.15, 0.2) is 0 Å². The minimum absolute atomic E-state index is 0. The first-order valence-electron chi connectivity index (χ1n) is 5.42. The second-order valence-electron chi connectivity index (χ2n) is 4.09. The molecular formula is C15H20Ti. The molecule has 0 nitrogen and oxygen atoms in total. The van der Waals surface area contributed by atoms with Gasteiger partial charge in [-0.1, -0.05) is 34.6 Å². The molecule has 0 fully saturated rings. The summed E-state index contributed by atoms with van der Waals surface area (Å²) in [4.78, 5) is 0. The maximum absolute atomic E-state index is 2.20. The smallest absolute Gasteiger partial charge is 0.214 e. The van der Waals surface area contributed by atoms with Gasteiger partial charge in [-0.2, -0.15) is 46.0 Å². The zero-order valence-corrected chi connectivity index (χ0v) is 12.4. The fourth-order valence-corrected chi connectivity index (χ4v) is 1.73. The van der Waals surface area contributed by atoms with Crippen molar-refractivity contribution in [2.24, 2.45) is 0 Å². The first kappa shape index (κ1) is 15.4. The van der Waals surface area contributed by atoms with Crippen LogP contribution in [0.1, 0.15) is 27.8 Å². The third-order valence-electron chi connectivity index (χ3n) is 3.37. The van der Waals surface area contributed by atoms with Crippen LogP contribution in [0.2, 0.25) is 0 Å². The van der Waals surface area contributed by atoms with E-state index in [1.807, 2.05) is 30.3 Å². The van der Waals surface area contributed by atoms with E-state index in [4.69, 9.17) is 0 Å². The Labute approximate surface area is 114 Å². The van der Waals surface area contributed by atoms with Gasteiger partial charge in [0.1, 0.15) is 0 Å². The van der Waals surface area contributed by atoms with Gasteiger partial charge in [0, 0.05) is 0 Å². The Morgan fingerprint density at radius 3 is 1.38 bits per heavy atom. The third kappa shape index (κ3) is 3.47. The van der Waals surface area contributed by atoms with Crippen molar-refractivity contribution in [2.75, 3.05) is 0 Å². The van der Waals surface area contributed by atoms with Crippen LogP contribution in [-0.2, 0) is 21.7 Å². The van der Waals surface area contributed by atoms with E-state index in [0.717, 1.165) is 0 Å². The van der Waals surface area contributed by atoms with Crippen molar-refractivity contribution in [3.05, 3.63) is 58.1 Å². The molecule has 0 saturated carbocycles. The fourth-order valence-electron chi connectivity index (χ4n) is 1.73. The van der Waals surface area contributed by atoms with Gasteiger partial charge >= 0.3 is 21.7 Å². The summed E-state index contributed by atoms with van der Waals surface area (Å²) in [5.41, 5.74) is 7.34. The van der Waals surface area contributed by atoms with Crippen LogP contribution in [0, 0.1) is 34.6 Å². The number of rotatable bonds is 0. The van der Waals surface area contributed by atoms with Crippen molar-refractivity contribution >= 4 is 0 Å². The molecule has 16 heavy (non-hydrogen) atoms. The Hall–Kier alpha value is -0.586. The van der Waals surface area contributed by atoms with Crippen LogP contribution >= 0.6 is 0 Å². The van der Waals surface area contributed by atoms with Crippen molar-refractivity contribution < 1.29 is 21.7 Å². The van der Waals surface area contributed by atoms with E-state index in [1.165, 1.54) is 27.8 Å². The monoisotopic (exact) mass is 248 g/mol. The van der Waals surface area contributed by atoms with Crippen LogP contribution in [0.15, 0.2) is 30.3 Å². The largest absolute Gasteiger partial charge is 2.00 e. The number of hydrogen-bond donors (Lipinski definition) is 0. The summed E-state index contributed by atoms with van der Waals surface area (Å²) < 4.78 is 0. The second kappa shape index (κ2) is 6.88. The molecule has 0 unspecified atom stereocenters. The van der Waals surface area contributed by atoms with E-state index < -0.39 is 0 Å². The predicted molar refractivity (Wildman–Crippen MR) is 67.8 cm³/mol. The van der Waals surface area contributed by atoms with Crippen molar-refractivity contribution in [2.45, 2.75) is 34.6 Å². The van der Waals surface area contributed by atoms with Gasteiger partial charge in [-0.15, -0.1) is 0 Å². The van der Waals surface area contributed by atoms with Crippen LogP contribution in [-0.4, -0.2) is 0 Å².